The van der Waals surface area contributed by atoms with E-state index in [1.54, 1.807) is 19.2 Å². The van der Waals surface area contributed by atoms with Crippen LogP contribution in [0, 0.1) is 24.2 Å². The second kappa shape index (κ2) is 7.91. The molecule has 2 fully saturated rings. The van der Waals surface area contributed by atoms with Gasteiger partial charge in [0, 0.05) is 11.1 Å². The molecule has 2 aromatic rings. The molecule has 32 heavy (non-hydrogen) atoms. The largest absolute Gasteiger partial charge is 0.497 e. The molecular formula is C26H32N2O3S. The molecule has 4 atom stereocenters. The number of sulfonamides is 1. The number of nitrogens with one attached hydrogen (secondary N) is 1. The molecule has 0 aromatic heterocycles. The van der Waals surface area contributed by atoms with Crippen molar-refractivity contribution in [1.29, 1.82) is 0 Å². The molecule has 0 bridgehead atoms. The first kappa shape index (κ1) is 21.5. The van der Waals surface area contributed by atoms with Crippen LogP contribution in [0.15, 0.2) is 52.5 Å². The van der Waals surface area contributed by atoms with Crippen LogP contribution in [-0.4, -0.2) is 21.2 Å². The van der Waals surface area contributed by atoms with E-state index >= 15 is 0 Å². The summed E-state index contributed by atoms with van der Waals surface area (Å²) in [4.78, 5) is 2.80. The molecule has 6 heteroatoms. The highest BCUT2D eigenvalue weighted by atomic mass is 32.2. The molecule has 0 unspecified atom stereocenters. The van der Waals surface area contributed by atoms with Gasteiger partial charge in [-0.3, -0.25) is 0 Å². The highest BCUT2D eigenvalue weighted by molar-refractivity contribution is 7.89. The molecule has 0 saturated heterocycles. The fourth-order valence-corrected chi connectivity index (χ4v) is 7.37. The van der Waals surface area contributed by atoms with Crippen molar-refractivity contribution >= 4 is 15.7 Å². The molecule has 0 aliphatic heterocycles. The van der Waals surface area contributed by atoms with Crippen molar-refractivity contribution in [1.82, 2.24) is 4.83 Å². The summed E-state index contributed by atoms with van der Waals surface area (Å²) < 4.78 is 30.9. The van der Waals surface area contributed by atoms with Gasteiger partial charge in [0.05, 0.1) is 12.0 Å². The van der Waals surface area contributed by atoms with Crippen LogP contribution < -0.4 is 9.57 Å². The van der Waals surface area contributed by atoms with Crippen LogP contribution in [0.1, 0.15) is 61.6 Å². The van der Waals surface area contributed by atoms with Crippen LogP contribution in [0.3, 0.4) is 0 Å². The van der Waals surface area contributed by atoms with E-state index in [2.05, 4.69) is 35.1 Å². The lowest BCUT2D eigenvalue weighted by molar-refractivity contribution is 0.0954. The molecular weight excluding hydrogens is 420 g/mol. The van der Waals surface area contributed by atoms with Gasteiger partial charge >= 0.3 is 0 Å². The first-order valence-corrected chi connectivity index (χ1v) is 13.1. The number of aryl methyl sites for hydroxylation is 2. The lowest BCUT2D eigenvalue weighted by Crippen LogP contribution is -2.43. The SMILES string of the molecule is COc1ccc2c(c1)CC[C@@H]1[C@@H]2CC[C@@]2(C)/C(=N\NS(=O)(=O)c3ccc(C)cc3)CC[C@@H]12. The monoisotopic (exact) mass is 452 g/mol. The number of hydrogen-bond donors (Lipinski definition) is 1. The number of nitrogens with zero attached hydrogens (tertiary/aromatic N) is 1. The molecule has 5 nitrogen and oxygen atoms in total. The lowest BCUT2D eigenvalue weighted by atomic mass is 9.55. The van der Waals surface area contributed by atoms with Crippen molar-refractivity contribution in [3.05, 3.63) is 59.2 Å². The molecule has 2 aromatic carbocycles. The number of rotatable bonds is 4. The Balaban J connectivity index is 1.37. The lowest BCUT2D eigenvalue weighted by Gasteiger charge is -2.49. The molecule has 2 saturated carbocycles. The van der Waals surface area contributed by atoms with Crippen molar-refractivity contribution in [2.45, 2.75) is 63.2 Å². The third-order valence-electron chi connectivity index (χ3n) is 8.31. The van der Waals surface area contributed by atoms with E-state index in [0.717, 1.165) is 49.1 Å². The Morgan fingerprint density at radius 1 is 1.06 bits per heavy atom. The fraction of sp³-hybridized carbons (Fsp3) is 0.500. The third kappa shape index (κ3) is 3.53. The molecule has 3 aliphatic rings. The maximum atomic E-state index is 12.8. The minimum absolute atomic E-state index is 0.0268. The molecule has 3 aliphatic carbocycles. The summed E-state index contributed by atoms with van der Waals surface area (Å²) in [5, 5.41) is 4.52. The third-order valence-corrected chi connectivity index (χ3v) is 9.53. The number of fused-ring (bicyclic) bond motifs is 5. The van der Waals surface area contributed by atoms with Crippen molar-refractivity contribution in [3.8, 4) is 5.75 Å². The van der Waals surface area contributed by atoms with Crippen molar-refractivity contribution < 1.29 is 13.2 Å². The smallest absolute Gasteiger partial charge is 0.276 e. The van der Waals surface area contributed by atoms with E-state index in [9.17, 15) is 8.42 Å². The number of benzene rings is 2. The molecule has 170 valence electrons. The van der Waals surface area contributed by atoms with Crippen molar-refractivity contribution in [3.63, 3.8) is 0 Å². The maximum Gasteiger partial charge on any atom is 0.276 e. The number of hydrazone groups is 1. The van der Waals surface area contributed by atoms with Gasteiger partial charge in [0.15, 0.2) is 0 Å². The minimum atomic E-state index is -3.65. The highest BCUT2D eigenvalue weighted by Crippen LogP contribution is 2.59. The van der Waals surface area contributed by atoms with Gasteiger partial charge in [0.2, 0.25) is 0 Å². The predicted octanol–water partition coefficient (Wildman–Crippen LogP) is 5.19. The first-order valence-electron chi connectivity index (χ1n) is 11.6. The maximum absolute atomic E-state index is 12.8. The van der Waals surface area contributed by atoms with Crippen molar-refractivity contribution in [2.24, 2.45) is 22.4 Å². The van der Waals surface area contributed by atoms with Crippen LogP contribution in [0.5, 0.6) is 5.75 Å². The van der Waals surface area contributed by atoms with E-state index in [1.807, 2.05) is 19.1 Å². The second-order valence-corrected chi connectivity index (χ2v) is 11.6. The summed E-state index contributed by atoms with van der Waals surface area (Å²) in [6.07, 6.45) is 6.42. The normalized spacial score (nSPS) is 30.3. The number of hydrogen-bond acceptors (Lipinski definition) is 4. The average molecular weight is 453 g/mol. The van der Waals surface area contributed by atoms with Gasteiger partial charge in [0.25, 0.3) is 10.0 Å². The van der Waals surface area contributed by atoms with E-state index < -0.39 is 10.0 Å². The van der Waals surface area contributed by atoms with Crippen LogP contribution in [0.2, 0.25) is 0 Å². The average Bonchev–Trinajstić information content (AvgIpc) is 3.13. The fourth-order valence-electron chi connectivity index (χ4n) is 6.54. The number of methoxy groups -OCH3 is 1. The zero-order chi connectivity index (χ0) is 22.5. The summed E-state index contributed by atoms with van der Waals surface area (Å²) in [7, 11) is -1.92. The summed E-state index contributed by atoms with van der Waals surface area (Å²) >= 11 is 0. The Morgan fingerprint density at radius 3 is 2.59 bits per heavy atom. The van der Waals surface area contributed by atoms with Gasteiger partial charge in [-0.1, -0.05) is 30.7 Å². The first-order chi connectivity index (χ1) is 15.3. The molecule has 0 spiro atoms. The van der Waals surface area contributed by atoms with Gasteiger partial charge in [-0.25, -0.2) is 4.83 Å². The molecule has 5 rings (SSSR count). The van der Waals surface area contributed by atoms with Gasteiger partial charge in [-0.15, -0.1) is 0 Å². The van der Waals surface area contributed by atoms with E-state index in [-0.39, 0.29) is 10.3 Å². The Kier molecular flexibility index (Phi) is 5.31. The minimum Gasteiger partial charge on any atom is -0.497 e. The molecule has 0 amide bonds. The summed E-state index contributed by atoms with van der Waals surface area (Å²) in [6.45, 7) is 4.25. The topological polar surface area (TPSA) is 67.8 Å². The van der Waals surface area contributed by atoms with Gasteiger partial charge in [-0.05, 0) is 98.6 Å². The Morgan fingerprint density at radius 2 is 1.84 bits per heavy atom. The van der Waals surface area contributed by atoms with Crippen LogP contribution in [-0.2, 0) is 16.4 Å². The van der Waals surface area contributed by atoms with E-state index in [1.165, 1.54) is 17.5 Å². The molecule has 1 N–H and O–H groups in total. The summed E-state index contributed by atoms with van der Waals surface area (Å²) in [5.74, 6) is 2.72. The van der Waals surface area contributed by atoms with Crippen LogP contribution >= 0.6 is 0 Å². The van der Waals surface area contributed by atoms with Crippen LogP contribution in [0.4, 0.5) is 0 Å². The molecule has 0 radical (unpaired) electrons. The van der Waals surface area contributed by atoms with Crippen molar-refractivity contribution in [2.75, 3.05) is 7.11 Å². The Hall–Kier alpha value is -2.34. The van der Waals surface area contributed by atoms with E-state index in [4.69, 9.17) is 4.74 Å². The number of ether oxygens (including phenoxy) is 1. The zero-order valence-electron chi connectivity index (χ0n) is 19.1. The summed E-state index contributed by atoms with van der Waals surface area (Å²) in [6, 6.07) is 13.5. The van der Waals surface area contributed by atoms with Gasteiger partial charge in [-0.2, -0.15) is 13.5 Å². The standard InChI is InChI=1S/C26H32N2O3S/c1-17-4-8-20(9-5-17)32(29,30)28-27-25-13-12-24-23-10-6-18-16-19(31-3)7-11-21(18)22(23)14-15-26(24,25)2/h4-5,7-9,11,16,22-24,28H,6,10,12-15H2,1-3H3/b27-25-/t22-,23-,24+,26-/m1/s1. The molecule has 0 heterocycles. The Labute approximate surface area is 191 Å². The Bertz CT molecular complexity index is 1160. The van der Waals surface area contributed by atoms with Gasteiger partial charge in [0.1, 0.15) is 5.75 Å². The second-order valence-electron chi connectivity index (χ2n) is 9.94. The highest BCUT2D eigenvalue weighted by Gasteiger charge is 2.53. The quantitative estimate of drug-likeness (QED) is 0.649. The van der Waals surface area contributed by atoms with Gasteiger partial charge < -0.3 is 4.74 Å². The predicted molar refractivity (Wildman–Crippen MR) is 127 cm³/mol. The summed E-state index contributed by atoms with van der Waals surface area (Å²) in [5.41, 5.74) is 4.96. The zero-order valence-corrected chi connectivity index (χ0v) is 19.9. The van der Waals surface area contributed by atoms with E-state index in [0.29, 0.717) is 17.8 Å². The van der Waals surface area contributed by atoms with Crippen LogP contribution in [0.25, 0.3) is 0 Å².